The lowest BCUT2D eigenvalue weighted by Gasteiger charge is -2.13. The molecule has 84 valence electrons. The molecule has 1 aromatic rings. The van der Waals surface area contributed by atoms with Crippen LogP contribution in [0.4, 0.5) is 5.95 Å². The Morgan fingerprint density at radius 2 is 2.13 bits per heavy atom. The molecule has 0 atom stereocenters. The molecule has 0 unspecified atom stereocenters. The van der Waals surface area contributed by atoms with E-state index >= 15 is 0 Å². The number of hydrazine groups is 1. The third-order valence-corrected chi connectivity index (χ3v) is 1.61. The van der Waals surface area contributed by atoms with E-state index in [4.69, 9.17) is 4.74 Å². The molecule has 0 bridgehead atoms. The van der Waals surface area contributed by atoms with Gasteiger partial charge >= 0.3 is 0 Å². The molecule has 1 rings (SSSR count). The molecule has 0 radical (unpaired) electrons. The van der Waals surface area contributed by atoms with Crippen LogP contribution >= 0.6 is 0 Å². The standard InChI is InChI=1S/C10H18N4O/c1-5-6-15-9-7-8(2)11-10(12-9)13-14(3)4/h7H,5-6H2,1-4H3,(H,11,12,13). The van der Waals surface area contributed by atoms with Gasteiger partial charge in [-0.15, -0.1) is 0 Å². The number of nitrogens with zero attached hydrogens (tertiary/aromatic N) is 3. The van der Waals surface area contributed by atoms with E-state index in [-0.39, 0.29) is 0 Å². The van der Waals surface area contributed by atoms with Gasteiger partial charge in [-0.3, -0.25) is 5.43 Å². The zero-order chi connectivity index (χ0) is 11.3. The van der Waals surface area contributed by atoms with E-state index in [0.29, 0.717) is 18.4 Å². The number of anilines is 1. The molecule has 5 heteroatoms. The van der Waals surface area contributed by atoms with E-state index in [1.807, 2.05) is 27.1 Å². The summed E-state index contributed by atoms with van der Waals surface area (Å²) >= 11 is 0. The summed E-state index contributed by atoms with van der Waals surface area (Å²) in [6.07, 6.45) is 0.972. The van der Waals surface area contributed by atoms with Crippen LogP contribution in [-0.4, -0.2) is 35.7 Å². The normalized spacial score (nSPS) is 10.5. The van der Waals surface area contributed by atoms with Crippen molar-refractivity contribution in [2.75, 3.05) is 26.1 Å². The number of hydrogen-bond acceptors (Lipinski definition) is 5. The molecule has 1 heterocycles. The monoisotopic (exact) mass is 210 g/mol. The Kier molecular flexibility index (Phi) is 4.30. The van der Waals surface area contributed by atoms with Crippen molar-refractivity contribution < 1.29 is 4.74 Å². The van der Waals surface area contributed by atoms with Crippen molar-refractivity contribution in [2.45, 2.75) is 20.3 Å². The predicted octanol–water partition coefficient (Wildman–Crippen LogP) is 1.46. The summed E-state index contributed by atoms with van der Waals surface area (Å²) in [7, 11) is 3.77. The lowest BCUT2D eigenvalue weighted by molar-refractivity contribution is 0.304. The van der Waals surface area contributed by atoms with Crippen LogP contribution in [0.2, 0.25) is 0 Å². The molecular weight excluding hydrogens is 192 g/mol. The Labute approximate surface area is 90.5 Å². The quantitative estimate of drug-likeness (QED) is 0.746. The van der Waals surface area contributed by atoms with Crippen LogP contribution in [0.25, 0.3) is 0 Å². The fourth-order valence-electron chi connectivity index (χ4n) is 1.07. The number of aryl methyl sites for hydroxylation is 1. The largest absolute Gasteiger partial charge is 0.478 e. The third-order valence-electron chi connectivity index (χ3n) is 1.61. The third kappa shape index (κ3) is 4.12. The fourth-order valence-corrected chi connectivity index (χ4v) is 1.07. The summed E-state index contributed by atoms with van der Waals surface area (Å²) in [6.45, 7) is 4.66. The van der Waals surface area contributed by atoms with Crippen LogP contribution in [0, 0.1) is 6.92 Å². The van der Waals surface area contributed by atoms with Crippen molar-refractivity contribution in [3.05, 3.63) is 11.8 Å². The predicted molar refractivity (Wildman–Crippen MR) is 59.9 cm³/mol. The summed E-state index contributed by atoms with van der Waals surface area (Å²) in [4.78, 5) is 8.46. The average Bonchev–Trinajstić information content (AvgIpc) is 2.12. The van der Waals surface area contributed by atoms with E-state index in [9.17, 15) is 0 Å². The minimum absolute atomic E-state index is 0.561. The van der Waals surface area contributed by atoms with Gasteiger partial charge in [0.15, 0.2) is 0 Å². The van der Waals surface area contributed by atoms with E-state index in [0.717, 1.165) is 12.1 Å². The average molecular weight is 210 g/mol. The van der Waals surface area contributed by atoms with Crippen molar-refractivity contribution in [1.82, 2.24) is 15.0 Å². The van der Waals surface area contributed by atoms with Crippen LogP contribution in [0.5, 0.6) is 5.88 Å². The van der Waals surface area contributed by atoms with E-state index < -0.39 is 0 Å². The number of nitrogens with one attached hydrogen (secondary N) is 1. The maximum atomic E-state index is 5.45. The summed E-state index contributed by atoms with van der Waals surface area (Å²) in [5.41, 5.74) is 3.88. The Hall–Kier alpha value is -1.36. The second kappa shape index (κ2) is 5.50. The molecular formula is C10H18N4O. The number of aromatic nitrogens is 2. The topological polar surface area (TPSA) is 50.3 Å². The maximum Gasteiger partial charge on any atom is 0.241 e. The molecule has 0 aliphatic rings. The van der Waals surface area contributed by atoms with Crippen LogP contribution < -0.4 is 10.2 Å². The highest BCUT2D eigenvalue weighted by Crippen LogP contribution is 2.12. The van der Waals surface area contributed by atoms with Gasteiger partial charge in [0.25, 0.3) is 0 Å². The van der Waals surface area contributed by atoms with Gasteiger partial charge in [-0.1, -0.05) is 6.92 Å². The minimum Gasteiger partial charge on any atom is -0.478 e. The smallest absolute Gasteiger partial charge is 0.241 e. The lowest BCUT2D eigenvalue weighted by atomic mass is 10.4. The SMILES string of the molecule is CCCOc1cc(C)nc(NN(C)C)n1. The number of rotatable bonds is 5. The highest BCUT2D eigenvalue weighted by molar-refractivity contribution is 5.29. The highest BCUT2D eigenvalue weighted by Gasteiger charge is 2.03. The molecule has 15 heavy (non-hydrogen) atoms. The summed E-state index contributed by atoms with van der Waals surface area (Å²) < 4.78 is 5.45. The van der Waals surface area contributed by atoms with Gasteiger partial charge in [-0.2, -0.15) is 4.98 Å². The van der Waals surface area contributed by atoms with Gasteiger partial charge in [0, 0.05) is 25.9 Å². The van der Waals surface area contributed by atoms with Gasteiger partial charge < -0.3 is 4.74 Å². The zero-order valence-electron chi connectivity index (χ0n) is 9.74. The van der Waals surface area contributed by atoms with Crippen molar-refractivity contribution in [2.24, 2.45) is 0 Å². The Morgan fingerprint density at radius 1 is 1.40 bits per heavy atom. The second-order valence-corrected chi connectivity index (χ2v) is 3.53. The van der Waals surface area contributed by atoms with Gasteiger partial charge in [0.05, 0.1) is 6.61 Å². The molecule has 0 saturated carbocycles. The van der Waals surface area contributed by atoms with Crippen molar-refractivity contribution in [1.29, 1.82) is 0 Å². The number of ether oxygens (including phenoxy) is 1. The molecule has 0 spiro atoms. The highest BCUT2D eigenvalue weighted by atomic mass is 16.5. The summed E-state index contributed by atoms with van der Waals surface area (Å²) in [6, 6.07) is 1.83. The molecule has 0 amide bonds. The number of hydrogen-bond donors (Lipinski definition) is 1. The first-order valence-corrected chi connectivity index (χ1v) is 5.04. The molecule has 5 nitrogen and oxygen atoms in total. The van der Waals surface area contributed by atoms with E-state index in [1.165, 1.54) is 0 Å². The van der Waals surface area contributed by atoms with Crippen molar-refractivity contribution in [3.8, 4) is 5.88 Å². The van der Waals surface area contributed by atoms with Crippen LogP contribution in [0.1, 0.15) is 19.0 Å². The van der Waals surface area contributed by atoms with Crippen molar-refractivity contribution >= 4 is 5.95 Å². The second-order valence-electron chi connectivity index (χ2n) is 3.53. The summed E-state index contributed by atoms with van der Waals surface area (Å²) in [5.74, 6) is 1.18. The van der Waals surface area contributed by atoms with Gasteiger partial charge in [-0.25, -0.2) is 9.99 Å². The van der Waals surface area contributed by atoms with Crippen molar-refractivity contribution in [3.63, 3.8) is 0 Å². The molecule has 0 fully saturated rings. The van der Waals surface area contributed by atoms with Crippen LogP contribution in [0.15, 0.2) is 6.07 Å². The molecule has 1 aromatic heterocycles. The minimum atomic E-state index is 0.561. The van der Waals surface area contributed by atoms with Gasteiger partial charge in [0.1, 0.15) is 0 Å². The van der Waals surface area contributed by atoms with Crippen LogP contribution in [0.3, 0.4) is 0 Å². The molecule has 0 saturated heterocycles. The Bertz CT molecular complexity index is 314. The summed E-state index contributed by atoms with van der Waals surface area (Å²) in [5, 5.41) is 1.79. The maximum absolute atomic E-state index is 5.45. The molecule has 0 aromatic carbocycles. The van der Waals surface area contributed by atoms with Crippen LogP contribution in [-0.2, 0) is 0 Å². The molecule has 0 aliphatic carbocycles. The first kappa shape index (κ1) is 11.7. The van der Waals surface area contributed by atoms with E-state index in [1.54, 1.807) is 5.01 Å². The first-order valence-electron chi connectivity index (χ1n) is 5.04. The fraction of sp³-hybridized carbons (Fsp3) is 0.600. The Balaban J connectivity index is 2.75. The Morgan fingerprint density at radius 3 is 2.73 bits per heavy atom. The van der Waals surface area contributed by atoms with Gasteiger partial charge in [0.2, 0.25) is 11.8 Å². The molecule has 1 N–H and O–H groups in total. The first-order chi connectivity index (χ1) is 7.11. The van der Waals surface area contributed by atoms with Gasteiger partial charge in [-0.05, 0) is 13.3 Å². The van der Waals surface area contributed by atoms with E-state index in [2.05, 4.69) is 22.3 Å². The lowest BCUT2D eigenvalue weighted by Crippen LogP contribution is -2.21. The molecule has 0 aliphatic heterocycles. The zero-order valence-corrected chi connectivity index (χ0v) is 9.74.